The maximum Gasteiger partial charge on any atom is 0.291 e. The van der Waals surface area contributed by atoms with E-state index in [2.05, 4.69) is 20.6 Å². The van der Waals surface area contributed by atoms with E-state index in [1.165, 1.54) is 21.3 Å². The third-order valence-corrected chi connectivity index (χ3v) is 8.54. The number of sulfonamides is 1. The predicted molar refractivity (Wildman–Crippen MR) is 130 cm³/mol. The van der Waals surface area contributed by atoms with Crippen LogP contribution in [0.4, 0.5) is 4.39 Å². The molecule has 3 aromatic rings. The van der Waals surface area contributed by atoms with Gasteiger partial charge in [0.25, 0.3) is 5.95 Å². The van der Waals surface area contributed by atoms with E-state index >= 15 is 0 Å². The highest BCUT2D eigenvalue weighted by Gasteiger charge is 2.33. The third-order valence-electron chi connectivity index (χ3n) is 7.30. The highest BCUT2D eigenvalue weighted by molar-refractivity contribution is 7.88. The van der Waals surface area contributed by atoms with Crippen LogP contribution in [-0.2, 0) is 10.0 Å². The van der Waals surface area contributed by atoms with Gasteiger partial charge in [0.15, 0.2) is 0 Å². The largest absolute Gasteiger partial charge is 0.337 e. The van der Waals surface area contributed by atoms with Gasteiger partial charge in [0.05, 0.1) is 11.9 Å². The molecular weight excluding hydrogens is 471 g/mol. The van der Waals surface area contributed by atoms with Crippen LogP contribution in [0.1, 0.15) is 69.4 Å². The van der Waals surface area contributed by atoms with Crippen molar-refractivity contribution in [1.29, 1.82) is 0 Å². The van der Waals surface area contributed by atoms with Crippen molar-refractivity contribution < 1.29 is 17.3 Å². The molecule has 2 aromatic heterocycles. The van der Waals surface area contributed by atoms with E-state index in [4.69, 9.17) is 4.52 Å². The van der Waals surface area contributed by atoms with Crippen LogP contribution in [-0.4, -0.2) is 64.6 Å². The summed E-state index contributed by atoms with van der Waals surface area (Å²) in [6.07, 6.45) is 6.17. The summed E-state index contributed by atoms with van der Waals surface area (Å²) in [6.45, 7) is 6.24. The monoisotopic (exact) mass is 504 g/mol. The van der Waals surface area contributed by atoms with Crippen LogP contribution in [0.5, 0.6) is 0 Å². The number of aromatic nitrogens is 4. The zero-order valence-electron chi connectivity index (χ0n) is 20.4. The number of nitrogens with zero attached hydrogens (tertiary/aromatic N) is 5. The number of benzene rings is 1. The maximum atomic E-state index is 14.7. The van der Waals surface area contributed by atoms with Crippen molar-refractivity contribution in [2.45, 2.75) is 63.8 Å². The summed E-state index contributed by atoms with van der Waals surface area (Å²) in [5.74, 6) is 1.26. The van der Waals surface area contributed by atoms with E-state index < -0.39 is 10.0 Å². The minimum Gasteiger partial charge on any atom is -0.337 e. The number of fused-ring (bicyclic) bond motifs is 1. The lowest BCUT2D eigenvalue weighted by atomic mass is 9.86. The Kier molecular flexibility index (Phi) is 6.67. The number of halogens is 1. The maximum absolute atomic E-state index is 14.7. The van der Waals surface area contributed by atoms with Crippen molar-refractivity contribution >= 4 is 20.9 Å². The van der Waals surface area contributed by atoms with Gasteiger partial charge in [-0.3, -0.25) is 0 Å². The predicted octanol–water partition coefficient (Wildman–Crippen LogP) is 3.57. The lowest BCUT2D eigenvalue weighted by Gasteiger charge is -2.37. The molecule has 1 saturated carbocycles. The molecule has 0 spiro atoms. The van der Waals surface area contributed by atoms with Gasteiger partial charge in [0.1, 0.15) is 11.3 Å². The smallest absolute Gasteiger partial charge is 0.291 e. The lowest BCUT2D eigenvalue weighted by Crippen LogP contribution is -2.50. The van der Waals surface area contributed by atoms with E-state index in [0.717, 1.165) is 49.7 Å². The molecule has 11 heteroatoms. The summed E-state index contributed by atoms with van der Waals surface area (Å²) in [7, 11) is -3.04. The van der Waals surface area contributed by atoms with Crippen LogP contribution in [0, 0.1) is 11.7 Å². The molecule has 190 valence electrons. The summed E-state index contributed by atoms with van der Waals surface area (Å²) in [5.41, 5.74) is 1.19. The SMILES string of the molecule is CC(C)c1nn(-c2noc(C3CCC(NCCC4CN(S(C)(=O)=O)C4)CC3)n2)c2c(F)cccc12. The molecule has 35 heavy (non-hydrogen) atoms. The Morgan fingerprint density at radius 3 is 2.63 bits per heavy atom. The van der Waals surface area contributed by atoms with E-state index in [1.54, 1.807) is 6.07 Å². The topological polar surface area (TPSA) is 106 Å². The summed E-state index contributed by atoms with van der Waals surface area (Å²) in [4.78, 5) is 4.61. The van der Waals surface area contributed by atoms with Crippen LogP contribution in [0.3, 0.4) is 0 Å². The highest BCUT2D eigenvalue weighted by Crippen LogP contribution is 2.33. The standard InChI is InChI=1S/C24H33FN6O3S/c1-15(2)21-19-5-4-6-20(25)22(19)31(28-21)24-27-23(34-29-24)17-7-9-18(10-8-17)26-12-11-16-13-30(14-16)35(3,32)33/h4-6,15-18,26H,7-14H2,1-3H3. The first-order valence-corrected chi connectivity index (χ1v) is 14.2. The molecule has 1 N–H and O–H groups in total. The van der Waals surface area contributed by atoms with Crippen LogP contribution >= 0.6 is 0 Å². The molecule has 1 aromatic carbocycles. The molecule has 1 aliphatic heterocycles. The van der Waals surface area contributed by atoms with Gasteiger partial charge in [-0.05, 0) is 61.7 Å². The molecule has 9 nitrogen and oxygen atoms in total. The number of hydrogen-bond donors (Lipinski definition) is 1. The molecule has 2 aliphatic rings. The van der Waals surface area contributed by atoms with Crippen LogP contribution < -0.4 is 5.32 Å². The first-order valence-electron chi connectivity index (χ1n) is 12.4. The quantitative estimate of drug-likeness (QED) is 0.500. The van der Waals surface area contributed by atoms with Gasteiger partial charge >= 0.3 is 0 Å². The average Bonchev–Trinajstić information content (AvgIpc) is 3.40. The fourth-order valence-corrected chi connectivity index (χ4v) is 6.17. The van der Waals surface area contributed by atoms with Crippen molar-refractivity contribution in [3.8, 4) is 5.95 Å². The van der Waals surface area contributed by atoms with Gasteiger partial charge in [-0.1, -0.05) is 26.0 Å². The van der Waals surface area contributed by atoms with Crippen LogP contribution in [0.25, 0.3) is 16.9 Å². The minimum absolute atomic E-state index is 0.137. The molecule has 0 unspecified atom stereocenters. The zero-order chi connectivity index (χ0) is 24.7. The van der Waals surface area contributed by atoms with Gasteiger partial charge in [-0.15, -0.1) is 0 Å². The second-order valence-electron chi connectivity index (χ2n) is 10.3. The van der Waals surface area contributed by atoms with Gasteiger partial charge < -0.3 is 9.84 Å². The minimum atomic E-state index is -3.04. The molecule has 0 bridgehead atoms. The van der Waals surface area contributed by atoms with Gasteiger partial charge in [0.2, 0.25) is 15.9 Å². The normalized spacial score (nSPS) is 22.2. The van der Waals surface area contributed by atoms with E-state index in [1.807, 2.05) is 19.9 Å². The number of hydrogen-bond acceptors (Lipinski definition) is 7. The first-order chi connectivity index (χ1) is 16.7. The molecule has 0 radical (unpaired) electrons. The fraction of sp³-hybridized carbons (Fsp3) is 0.625. The summed E-state index contributed by atoms with van der Waals surface area (Å²) < 4.78 is 46.2. The molecule has 0 amide bonds. The van der Waals surface area contributed by atoms with Crippen molar-refractivity contribution in [3.63, 3.8) is 0 Å². The molecule has 0 atom stereocenters. The Labute approximate surface area is 205 Å². The van der Waals surface area contributed by atoms with Gasteiger partial charge in [-0.25, -0.2) is 17.1 Å². The van der Waals surface area contributed by atoms with Crippen LogP contribution in [0.15, 0.2) is 22.7 Å². The lowest BCUT2D eigenvalue weighted by molar-refractivity contribution is 0.186. The fourth-order valence-electron chi connectivity index (χ4n) is 5.21. The van der Waals surface area contributed by atoms with Crippen LogP contribution in [0.2, 0.25) is 0 Å². The second-order valence-corrected chi connectivity index (χ2v) is 12.2. The van der Waals surface area contributed by atoms with Crippen molar-refractivity contribution in [2.24, 2.45) is 5.92 Å². The first kappa shape index (κ1) is 24.3. The second kappa shape index (κ2) is 9.59. The molecular formula is C24H33FN6O3S. The molecule has 1 aliphatic carbocycles. The molecule has 5 rings (SSSR count). The number of nitrogens with one attached hydrogen (secondary N) is 1. The molecule has 2 fully saturated rings. The Hall–Kier alpha value is -2.37. The number of para-hydroxylation sites is 1. The summed E-state index contributed by atoms with van der Waals surface area (Å²) in [5, 5.41) is 13.1. The van der Waals surface area contributed by atoms with Crippen molar-refractivity contribution in [2.75, 3.05) is 25.9 Å². The third kappa shape index (κ3) is 4.99. The van der Waals surface area contributed by atoms with Gasteiger partial charge in [0, 0.05) is 30.4 Å². The summed E-state index contributed by atoms with van der Waals surface area (Å²) in [6, 6.07) is 5.43. The number of rotatable bonds is 8. The summed E-state index contributed by atoms with van der Waals surface area (Å²) >= 11 is 0. The Morgan fingerprint density at radius 1 is 1.20 bits per heavy atom. The Bertz CT molecular complexity index is 1290. The van der Waals surface area contributed by atoms with E-state index in [9.17, 15) is 12.8 Å². The van der Waals surface area contributed by atoms with E-state index in [-0.39, 0.29) is 23.6 Å². The molecule has 3 heterocycles. The van der Waals surface area contributed by atoms with Gasteiger partial charge in [-0.2, -0.15) is 14.8 Å². The van der Waals surface area contributed by atoms with Crippen molar-refractivity contribution in [1.82, 2.24) is 29.5 Å². The molecule has 1 saturated heterocycles. The highest BCUT2D eigenvalue weighted by atomic mass is 32.2. The van der Waals surface area contributed by atoms with Crippen molar-refractivity contribution in [3.05, 3.63) is 35.6 Å². The average molecular weight is 505 g/mol. The Balaban J connectivity index is 1.16. The van der Waals surface area contributed by atoms with E-state index in [0.29, 0.717) is 36.5 Å². The Morgan fingerprint density at radius 2 is 1.94 bits per heavy atom. The zero-order valence-corrected chi connectivity index (χ0v) is 21.3.